The standard InChI is InChI=1S/C30H47BN8O11.Gd/c1-21(30(48)39-6-2-3-24(39)31(49)50)34-29(47)22-4-5-25(32-15-22)33-16-23(40)17-35-7-9-36(18-26(41)42)11-13-38(20-28(45)46)14-12-37(10-8-35)19-27(43)44;/h4-5,15,21,24,49-50H,2-3,6-14,16-20H2,1H3,(H,32,33)(H,34,47)(H,41,42)(H,43,44)(H,45,46);/t21-,24+;/m1./s1. The van der Waals surface area contributed by atoms with Crippen LogP contribution in [0.5, 0.6) is 0 Å². The maximum absolute atomic E-state index is 13.0. The molecule has 3 heterocycles. The largest absolute Gasteiger partial charge is 0.480 e. The Balaban J connectivity index is 0.00000901. The van der Waals surface area contributed by atoms with E-state index in [0.717, 1.165) is 0 Å². The summed E-state index contributed by atoms with van der Waals surface area (Å²) in [6.07, 6.45) is 2.37. The first kappa shape index (κ1) is 44.3. The number of aliphatic carboxylic acids is 3. The summed E-state index contributed by atoms with van der Waals surface area (Å²) in [5.41, 5.74) is 0.170. The van der Waals surface area contributed by atoms with Crippen molar-refractivity contribution in [2.24, 2.45) is 0 Å². The summed E-state index contributed by atoms with van der Waals surface area (Å²) in [4.78, 5) is 85.3. The quantitative estimate of drug-likeness (QED) is 0.0851. The SMILES string of the molecule is C[C@@H](NC(=O)c1ccc(NCC(=O)CN2CCN(CC(=O)O)CCN(CC(=O)O)CCN(CC(=O)O)CC2)nc1)C(=O)N1CCC[C@H]1B(O)O.[Gd]. The molecule has 2 amide bonds. The van der Waals surface area contributed by atoms with E-state index in [0.29, 0.717) is 38.3 Å². The molecule has 7 N–H and O–H groups in total. The number of nitrogens with one attached hydrogen (secondary N) is 2. The van der Waals surface area contributed by atoms with Gasteiger partial charge in [-0.05, 0) is 31.9 Å². The van der Waals surface area contributed by atoms with Crippen LogP contribution in [0.2, 0.25) is 0 Å². The van der Waals surface area contributed by atoms with E-state index in [1.54, 1.807) is 14.7 Å². The Labute approximate surface area is 328 Å². The van der Waals surface area contributed by atoms with E-state index in [1.165, 1.54) is 30.2 Å². The molecule has 0 aliphatic carbocycles. The van der Waals surface area contributed by atoms with Crippen molar-refractivity contribution in [3.8, 4) is 0 Å². The second kappa shape index (κ2) is 22.2. The van der Waals surface area contributed by atoms with Gasteiger partial charge in [0.25, 0.3) is 5.91 Å². The minimum absolute atomic E-state index is 0. The fraction of sp³-hybridized carbons (Fsp3) is 0.633. The number of ketones is 1. The molecular formula is C30H47BGdN8O11. The predicted octanol–water partition coefficient (Wildman–Crippen LogP) is -3.34. The Morgan fingerprint density at radius 3 is 1.67 bits per heavy atom. The second-order valence-corrected chi connectivity index (χ2v) is 12.5. The molecule has 2 fully saturated rings. The Hall–Kier alpha value is -2.88. The second-order valence-electron chi connectivity index (χ2n) is 12.5. The van der Waals surface area contributed by atoms with E-state index in [4.69, 9.17) is 0 Å². The molecule has 2 saturated heterocycles. The molecule has 0 radical (unpaired) electrons. The number of carbonyl (C=O) groups is 6. The smallest absolute Gasteiger partial charge is 0.475 e. The maximum atomic E-state index is 13.0. The first-order valence-electron chi connectivity index (χ1n) is 16.5. The van der Waals surface area contributed by atoms with Crippen LogP contribution in [0.15, 0.2) is 18.3 Å². The summed E-state index contributed by atoms with van der Waals surface area (Å²) < 4.78 is 0. The predicted molar refractivity (Wildman–Crippen MR) is 178 cm³/mol. The molecule has 1 aromatic heterocycles. The number of nitrogens with zero attached hydrogens (tertiary/aromatic N) is 6. The summed E-state index contributed by atoms with van der Waals surface area (Å²) in [7, 11) is -1.67. The van der Waals surface area contributed by atoms with Crippen LogP contribution in [-0.4, -0.2) is 201 Å². The maximum Gasteiger partial charge on any atom is 0.475 e. The number of anilines is 1. The van der Waals surface area contributed by atoms with Crippen LogP contribution in [0, 0.1) is 39.9 Å². The number of likely N-dealkylation sites (tertiary alicyclic amines) is 1. The van der Waals surface area contributed by atoms with Gasteiger partial charge in [0.05, 0.1) is 44.2 Å². The molecule has 3 rings (SSSR count). The Kier molecular flexibility index (Phi) is 19.3. The normalized spacial score (nSPS) is 19.1. The van der Waals surface area contributed by atoms with Crippen LogP contribution in [0.1, 0.15) is 30.1 Å². The van der Waals surface area contributed by atoms with Crippen LogP contribution >= 0.6 is 0 Å². The van der Waals surface area contributed by atoms with Gasteiger partial charge in [-0.1, -0.05) is 0 Å². The van der Waals surface area contributed by atoms with E-state index in [-0.39, 0.29) is 123 Å². The molecule has 0 aromatic carbocycles. The third-order valence-electron chi connectivity index (χ3n) is 8.54. The van der Waals surface area contributed by atoms with Crippen molar-refractivity contribution in [1.29, 1.82) is 0 Å². The van der Waals surface area contributed by atoms with Crippen LogP contribution < -0.4 is 10.6 Å². The molecule has 2 aliphatic heterocycles. The number of carbonyl (C=O) groups excluding carboxylic acids is 3. The molecule has 19 nitrogen and oxygen atoms in total. The third-order valence-corrected chi connectivity index (χ3v) is 8.54. The number of hydrogen-bond acceptors (Lipinski definition) is 14. The number of rotatable bonds is 15. The Morgan fingerprint density at radius 2 is 1.25 bits per heavy atom. The molecule has 21 heteroatoms. The number of pyridine rings is 1. The van der Waals surface area contributed by atoms with Crippen molar-refractivity contribution < 1.29 is 94.1 Å². The van der Waals surface area contributed by atoms with Gasteiger partial charge in [0, 0.05) is 105 Å². The molecule has 1 aromatic rings. The average molecular weight is 864 g/mol. The van der Waals surface area contributed by atoms with Gasteiger partial charge in [-0.3, -0.25) is 48.4 Å². The van der Waals surface area contributed by atoms with Crippen molar-refractivity contribution in [3.05, 3.63) is 23.9 Å². The van der Waals surface area contributed by atoms with Crippen LogP contribution in [0.4, 0.5) is 5.82 Å². The fourth-order valence-corrected chi connectivity index (χ4v) is 5.88. The van der Waals surface area contributed by atoms with Gasteiger partial charge in [0.1, 0.15) is 11.9 Å². The Morgan fingerprint density at radius 1 is 0.784 bits per heavy atom. The summed E-state index contributed by atoms with van der Waals surface area (Å²) in [5.74, 6) is -4.74. The number of amides is 2. The topological polar surface area (TPSA) is 257 Å². The molecule has 0 bridgehead atoms. The van der Waals surface area contributed by atoms with Crippen molar-refractivity contribution in [2.75, 3.05) is 96.9 Å². The monoisotopic (exact) mass is 864 g/mol. The van der Waals surface area contributed by atoms with Crippen LogP contribution in [-0.2, 0) is 24.0 Å². The molecule has 0 spiro atoms. The van der Waals surface area contributed by atoms with Crippen molar-refractivity contribution >= 4 is 48.4 Å². The van der Waals surface area contributed by atoms with Gasteiger partial charge < -0.3 is 40.9 Å². The van der Waals surface area contributed by atoms with Gasteiger partial charge in [-0.2, -0.15) is 0 Å². The summed E-state index contributed by atoms with van der Waals surface area (Å²) in [5, 5.41) is 52.7. The molecular weight excluding hydrogens is 816 g/mol. The zero-order chi connectivity index (χ0) is 36.8. The minimum Gasteiger partial charge on any atom is -0.480 e. The summed E-state index contributed by atoms with van der Waals surface area (Å²) in [6.45, 7) is 3.19. The fourth-order valence-electron chi connectivity index (χ4n) is 5.88. The van der Waals surface area contributed by atoms with Crippen molar-refractivity contribution in [2.45, 2.75) is 31.7 Å². The summed E-state index contributed by atoms with van der Waals surface area (Å²) in [6, 6.07) is 2.07. The van der Waals surface area contributed by atoms with Gasteiger partial charge in [0.15, 0.2) is 5.78 Å². The van der Waals surface area contributed by atoms with E-state index in [9.17, 15) is 54.1 Å². The van der Waals surface area contributed by atoms with Gasteiger partial charge in [-0.15, -0.1) is 0 Å². The average Bonchev–Trinajstić information content (AvgIpc) is 3.55. The first-order chi connectivity index (χ1) is 23.7. The third kappa shape index (κ3) is 15.7. The van der Waals surface area contributed by atoms with Gasteiger partial charge in [0.2, 0.25) is 5.91 Å². The molecule has 2 aliphatic rings. The summed E-state index contributed by atoms with van der Waals surface area (Å²) >= 11 is 0. The number of aromatic nitrogens is 1. The number of carboxylic acids is 3. The van der Waals surface area contributed by atoms with E-state index < -0.39 is 48.8 Å². The number of Topliss-reactive ketones (excluding diaryl/α,β-unsaturated/α-hetero) is 1. The Bertz CT molecular complexity index is 1310. The molecule has 284 valence electrons. The van der Waals surface area contributed by atoms with Gasteiger partial charge in [-0.25, -0.2) is 4.98 Å². The zero-order valence-corrected chi connectivity index (χ0v) is 30.8. The first-order valence-corrected chi connectivity index (χ1v) is 16.5. The molecule has 51 heavy (non-hydrogen) atoms. The molecule has 2 atom stereocenters. The van der Waals surface area contributed by atoms with Gasteiger partial charge >= 0.3 is 25.0 Å². The number of carboxylic acid groups (broad SMARTS) is 3. The zero-order valence-electron chi connectivity index (χ0n) is 28.5. The number of hydrogen-bond donors (Lipinski definition) is 7. The minimum atomic E-state index is -1.67. The van der Waals surface area contributed by atoms with Crippen molar-refractivity contribution in [3.63, 3.8) is 0 Å². The van der Waals surface area contributed by atoms with Crippen LogP contribution in [0.3, 0.4) is 0 Å². The van der Waals surface area contributed by atoms with E-state index >= 15 is 0 Å². The van der Waals surface area contributed by atoms with Crippen LogP contribution in [0.25, 0.3) is 0 Å². The van der Waals surface area contributed by atoms with E-state index in [1.807, 2.05) is 4.90 Å². The van der Waals surface area contributed by atoms with Crippen molar-refractivity contribution in [1.82, 2.24) is 34.8 Å². The molecule has 0 unspecified atom stereocenters. The van der Waals surface area contributed by atoms with E-state index in [2.05, 4.69) is 15.6 Å². The molecule has 0 saturated carbocycles.